The molecular formula is C16H21N5OS. The first-order valence-corrected chi connectivity index (χ1v) is 9.19. The van der Waals surface area contributed by atoms with Crippen LogP contribution in [0.15, 0.2) is 11.4 Å². The molecule has 3 rings (SSSR count). The number of thioether (sulfide) groups is 1. The highest BCUT2D eigenvalue weighted by atomic mass is 32.2. The van der Waals surface area contributed by atoms with Gasteiger partial charge in [-0.1, -0.05) is 11.8 Å². The van der Waals surface area contributed by atoms with Crippen molar-refractivity contribution in [1.29, 1.82) is 5.26 Å². The summed E-state index contributed by atoms with van der Waals surface area (Å²) in [6.45, 7) is 1.62. The van der Waals surface area contributed by atoms with E-state index < -0.39 is 0 Å². The Morgan fingerprint density at radius 1 is 1.39 bits per heavy atom. The molecule has 1 saturated heterocycles. The van der Waals surface area contributed by atoms with Gasteiger partial charge >= 0.3 is 0 Å². The Labute approximate surface area is 140 Å². The maximum Gasteiger partial charge on any atom is 0.225 e. The zero-order chi connectivity index (χ0) is 16.4. The number of hydrogen-bond acceptors (Lipinski definition) is 6. The Morgan fingerprint density at radius 3 is 2.65 bits per heavy atom. The van der Waals surface area contributed by atoms with E-state index in [4.69, 9.17) is 0 Å². The molecule has 2 aliphatic rings. The number of rotatable bonds is 4. The smallest absolute Gasteiger partial charge is 0.225 e. The van der Waals surface area contributed by atoms with Crippen LogP contribution in [-0.2, 0) is 4.79 Å². The third-order valence-electron chi connectivity index (χ3n) is 4.64. The summed E-state index contributed by atoms with van der Waals surface area (Å²) in [5, 5.41) is 9.96. The van der Waals surface area contributed by atoms with E-state index in [2.05, 4.69) is 20.9 Å². The molecule has 0 radical (unpaired) electrons. The molecule has 0 aromatic carbocycles. The molecule has 23 heavy (non-hydrogen) atoms. The topological polar surface area (TPSA) is 73.1 Å². The molecule has 0 N–H and O–H groups in total. The van der Waals surface area contributed by atoms with Gasteiger partial charge in [0.1, 0.15) is 11.6 Å². The quantitative estimate of drug-likeness (QED) is 0.620. The lowest BCUT2D eigenvalue weighted by molar-refractivity contribution is -0.133. The Bertz CT molecular complexity index is 632. The molecule has 2 fully saturated rings. The summed E-state index contributed by atoms with van der Waals surface area (Å²) >= 11 is 1.47. The van der Waals surface area contributed by atoms with Crippen LogP contribution in [-0.4, -0.2) is 53.2 Å². The third-order valence-corrected chi connectivity index (χ3v) is 5.20. The van der Waals surface area contributed by atoms with Crippen LogP contribution in [0.3, 0.4) is 0 Å². The highest BCUT2D eigenvalue weighted by molar-refractivity contribution is 7.98. The Hall–Kier alpha value is -1.81. The van der Waals surface area contributed by atoms with Gasteiger partial charge in [0, 0.05) is 32.1 Å². The van der Waals surface area contributed by atoms with Crippen LogP contribution in [0.5, 0.6) is 0 Å². The molecule has 1 aliphatic carbocycles. The predicted molar refractivity (Wildman–Crippen MR) is 89.3 cm³/mol. The maximum absolute atomic E-state index is 12.2. The van der Waals surface area contributed by atoms with Gasteiger partial charge in [-0.05, 0) is 31.9 Å². The molecule has 1 aromatic heterocycles. The lowest BCUT2D eigenvalue weighted by Gasteiger charge is -2.37. The van der Waals surface area contributed by atoms with Crippen LogP contribution in [0.4, 0.5) is 5.82 Å². The maximum atomic E-state index is 12.2. The van der Waals surface area contributed by atoms with Crippen LogP contribution in [0.1, 0.15) is 31.2 Å². The number of nitriles is 1. The molecule has 0 spiro atoms. The van der Waals surface area contributed by atoms with Crippen LogP contribution in [0.25, 0.3) is 0 Å². The normalized spacial score (nSPS) is 18.6. The molecule has 1 aromatic rings. The lowest BCUT2D eigenvalue weighted by atomic mass is 10.0. The van der Waals surface area contributed by atoms with Gasteiger partial charge in [0.25, 0.3) is 0 Å². The summed E-state index contributed by atoms with van der Waals surface area (Å²) in [6.07, 6.45) is 7.45. The number of amides is 1. The number of aromatic nitrogens is 2. The van der Waals surface area contributed by atoms with Crippen molar-refractivity contribution >= 4 is 23.5 Å². The van der Waals surface area contributed by atoms with Crippen molar-refractivity contribution in [2.45, 2.75) is 36.9 Å². The molecule has 0 unspecified atom stereocenters. The zero-order valence-electron chi connectivity index (χ0n) is 13.5. The SMILES string of the molecule is CSc1ncc(C#N)c(N2CCC(N(C)C(=O)C3CC3)CC2)n1. The zero-order valence-corrected chi connectivity index (χ0v) is 14.3. The van der Waals surface area contributed by atoms with E-state index in [1.165, 1.54) is 11.8 Å². The molecule has 2 heterocycles. The highest BCUT2D eigenvalue weighted by Gasteiger charge is 2.35. The van der Waals surface area contributed by atoms with Gasteiger partial charge in [-0.25, -0.2) is 9.97 Å². The van der Waals surface area contributed by atoms with Gasteiger partial charge in [-0.3, -0.25) is 4.79 Å². The largest absolute Gasteiger partial charge is 0.355 e. The minimum Gasteiger partial charge on any atom is -0.355 e. The molecule has 1 amide bonds. The fraction of sp³-hybridized carbons (Fsp3) is 0.625. The van der Waals surface area contributed by atoms with Gasteiger partial charge in [0.05, 0.1) is 6.20 Å². The number of hydrogen-bond donors (Lipinski definition) is 0. The summed E-state index contributed by atoms with van der Waals surface area (Å²) in [7, 11) is 1.93. The summed E-state index contributed by atoms with van der Waals surface area (Å²) in [5.41, 5.74) is 0.517. The van der Waals surface area contributed by atoms with Crippen LogP contribution >= 0.6 is 11.8 Å². The first-order valence-electron chi connectivity index (χ1n) is 7.96. The fourth-order valence-electron chi connectivity index (χ4n) is 3.04. The summed E-state index contributed by atoms with van der Waals surface area (Å²) in [4.78, 5) is 24.9. The summed E-state index contributed by atoms with van der Waals surface area (Å²) in [6, 6.07) is 2.48. The minimum absolute atomic E-state index is 0.272. The first-order chi connectivity index (χ1) is 11.1. The van der Waals surface area contributed by atoms with E-state index in [9.17, 15) is 10.1 Å². The highest BCUT2D eigenvalue weighted by Crippen LogP contribution is 2.32. The summed E-state index contributed by atoms with van der Waals surface area (Å²) in [5.74, 6) is 1.29. The van der Waals surface area contributed by atoms with Crippen molar-refractivity contribution in [2.75, 3.05) is 31.3 Å². The van der Waals surface area contributed by atoms with Gasteiger partial charge in [-0.15, -0.1) is 0 Å². The Morgan fingerprint density at radius 2 is 2.09 bits per heavy atom. The molecule has 0 atom stereocenters. The van der Waals surface area contributed by atoms with Gasteiger partial charge < -0.3 is 9.80 Å². The van der Waals surface area contributed by atoms with E-state index in [1.54, 1.807) is 6.20 Å². The van der Waals surface area contributed by atoms with Crippen molar-refractivity contribution in [3.63, 3.8) is 0 Å². The van der Waals surface area contributed by atoms with Crippen molar-refractivity contribution in [1.82, 2.24) is 14.9 Å². The van der Waals surface area contributed by atoms with E-state index in [0.717, 1.165) is 44.6 Å². The number of nitrogens with zero attached hydrogens (tertiary/aromatic N) is 5. The third kappa shape index (κ3) is 3.42. The van der Waals surface area contributed by atoms with Gasteiger partial charge in [0.15, 0.2) is 11.0 Å². The van der Waals surface area contributed by atoms with Crippen LogP contribution in [0, 0.1) is 17.2 Å². The number of anilines is 1. The van der Waals surface area contributed by atoms with Gasteiger partial charge in [-0.2, -0.15) is 5.26 Å². The lowest BCUT2D eigenvalue weighted by Crippen LogP contribution is -2.46. The van der Waals surface area contributed by atoms with Gasteiger partial charge in [0.2, 0.25) is 5.91 Å². The average molecular weight is 331 g/mol. The van der Waals surface area contributed by atoms with Crippen molar-refractivity contribution in [3.05, 3.63) is 11.8 Å². The van der Waals surface area contributed by atoms with Crippen LogP contribution in [0.2, 0.25) is 0 Å². The van der Waals surface area contributed by atoms with E-state index in [0.29, 0.717) is 22.7 Å². The molecule has 6 nitrogen and oxygen atoms in total. The molecule has 0 bridgehead atoms. The Kier molecular flexibility index (Phi) is 4.71. The van der Waals surface area contributed by atoms with Crippen molar-refractivity contribution in [3.8, 4) is 6.07 Å². The standard InChI is InChI=1S/C16H21N5OS/c1-20(15(22)11-3-4-11)13-5-7-21(8-6-13)14-12(9-17)10-18-16(19-14)23-2/h10-11,13H,3-8H2,1-2H3. The second kappa shape index (κ2) is 6.75. The van der Waals surface area contributed by atoms with E-state index in [-0.39, 0.29) is 5.92 Å². The monoisotopic (exact) mass is 331 g/mol. The fourth-order valence-corrected chi connectivity index (χ4v) is 3.37. The summed E-state index contributed by atoms with van der Waals surface area (Å²) < 4.78 is 0. The molecule has 1 aliphatic heterocycles. The van der Waals surface area contributed by atoms with Crippen molar-refractivity contribution in [2.24, 2.45) is 5.92 Å². The molecule has 122 valence electrons. The second-order valence-electron chi connectivity index (χ2n) is 6.15. The first kappa shape index (κ1) is 16.1. The number of piperidine rings is 1. The number of carbonyl (C=O) groups is 1. The minimum atomic E-state index is 0.272. The van der Waals surface area contributed by atoms with E-state index in [1.807, 2.05) is 18.2 Å². The van der Waals surface area contributed by atoms with Crippen LogP contribution < -0.4 is 4.90 Å². The van der Waals surface area contributed by atoms with Crippen molar-refractivity contribution < 1.29 is 4.79 Å². The average Bonchev–Trinajstić information content (AvgIpc) is 3.45. The second-order valence-corrected chi connectivity index (χ2v) is 6.92. The Balaban J connectivity index is 1.67. The predicted octanol–water partition coefficient (Wildman–Crippen LogP) is 1.91. The number of carbonyl (C=O) groups excluding carboxylic acids is 1. The molecule has 1 saturated carbocycles. The molecular weight excluding hydrogens is 310 g/mol. The van der Waals surface area contributed by atoms with E-state index >= 15 is 0 Å². The molecule has 7 heteroatoms.